The SMILES string of the molecule is COc1ccc(CN(C)C(c2ccc(C)o2)C(C)N)cc1. The van der Waals surface area contributed by atoms with Crippen LogP contribution in [0.5, 0.6) is 5.75 Å². The molecule has 0 aliphatic carbocycles. The molecule has 0 fully saturated rings. The Morgan fingerprint density at radius 2 is 1.86 bits per heavy atom. The Bertz CT molecular complexity index is 560. The van der Waals surface area contributed by atoms with Gasteiger partial charge in [-0.2, -0.15) is 0 Å². The van der Waals surface area contributed by atoms with Gasteiger partial charge < -0.3 is 14.9 Å². The van der Waals surface area contributed by atoms with Crippen LogP contribution in [0.15, 0.2) is 40.8 Å². The van der Waals surface area contributed by atoms with E-state index < -0.39 is 0 Å². The molecule has 0 saturated heterocycles. The molecule has 1 aromatic carbocycles. The molecule has 0 aliphatic heterocycles. The van der Waals surface area contributed by atoms with E-state index in [0.29, 0.717) is 0 Å². The van der Waals surface area contributed by atoms with Crippen LogP contribution in [0.25, 0.3) is 0 Å². The zero-order valence-corrected chi connectivity index (χ0v) is 13.2. The molecule has 2 unspecified atom stereocenters. The van der Waals surface area contributed by atoms with Crippen molar-refractivity contribution >= 4 is 0 Å². The second kappa shape index (κ2) is 6.78. The molecule has 2 N–H and O–H groups in total. The van der Waals surface area contributed by atoms with E-state index in [9.17, 15) is 0 Å². The van der Waals surface area contributed by atoms with Gasteiger partial charge in [0.2, 0.25) is 0 Å². The van der Waals surface area contributed by atoms with Gasteiger partial charge in [-0.05, 0) is 50.7 Å². The maximum absolute atomic E-state index is 6.16. The Morgan fingerprint density at radius 1 is 1.19 bits per heavy atom. The van der Waals surface area contributed by atoms with Crippen LogP contribution in [-0.4, -0.2) is 25.1 Å². The quantitative estimate of drug-likeness (QED) is 0.887. The summed E-state index contributed by atoms with van der Waals surface area (Å²) in [6.07, 6.45) is 0. The molecule has 2 aromatic rings. The summed E-state index contributed by atoms with van der Waals surface area (Å²) in [7, 11) is 3.74. The van der Waals surface area contributed by atoms with Gasteiger partial charge in [-0.25, -0.2) is 0 Å². The second-order valence-electron chi connectivity index (χ2n) is 5.52. The number of hydrogen-bond donors (Lipinski definition) is 1. The Hall–Kier alpha value is -1.78. The van der Waals surface area contributed by atoms with Crippen LogP contribution in [-0.2, 0) is 6.54 Å². The summed E-state index contributed by atoms with van der Waals surface area (Å²) in [4.78, 5) is 2.21. The monoisotopic (exact) mass is 288 g/mol. The zero-order chi connectivity index (χ0) is 15.4. The van der Waals surface area contributed by atoms with Crippen LogP contribution in [0.4, 0.5) is 0 Å². The van der Waals surface area contributed by atoms with E-state index in [1.807, 2.05) is 38.1 Å². The number of methoxy groups -OCH3 is 1. The molecular weight excluding hydrogens is 264 g/mol. The normalized spacial score (nSPS) is 14.2. The first-order valence-corrected chi connectivity index (χ1v) is 7.16. The number of benzene rings is 1. The average Bonchev–Trinajstić information content (AvgIpc) is 2.85. The first kappa shape index (κ1) is 15.6. The first-order valence-electron chi connectivity index (χ1n) is 7.16. The minimum atomic E-state index is -0.0150. The van der Waals surface area contributed by atoms with E-state index >= 15 is 0 Å². The zero-order valence-electron chi connectivity index (χ0n) is 13.2. The topological polar surface area (TPSA) is 51.6 Å². The number of ether oxygens (including phenoxy) is 1. The standard InChI is InChI=1S/C17H24N2O2/c1-12-5-10-16(21-12)17(13(2)18)19(3)11-14-6-8-15(20-4)9-7-14/h5-10,13,17H,11,18H2,1-4H3. The molecule has 4 heteroatoms. The van der Waals surface area contributed by atoms with Crippen molar-refractivity contribution in [1.82, 2.24) is 4.90 Å². The van der Waals surface area contributed by atoms with Crippen LogP contribution in [0.1, 0.15) is 30.0 Å². The summed E-state index contributed by atoms with van der Waals surface area (Å²) in [5.41, 5.74) is 7.37. The average molecular weight is 288 g/mol. The maximum Gasteiger partial charge on any atom is 0.122 e. The van der Waals surface area contributed by atoms with Gasteiger partial charge in [0.25, 0.3) is 0 Å². The summed E-state index contributed by atoms with van der Waals surface area (Å²) in [5.74, 6) is 2.69. The third kappa shape index (κ3) is 3.86. The molecule has 1 heterocycles. The van der Waals surface area contributed by atoms with Crippen LogP contribution >= 0.6 is 0 Å². The van der Waals surface area contributed by atoms with Gasteiger partial charge in [0.05, 0.1) is 13.2 Å². The summed E-state index contributed by atoms with van der Waals surface area (Å²) in [5, 5.41) is 0. The van der Waals surface area contributed by atoms with Gasteiger partial charge in [-0.15, -0.1) is 0 Å². The van der Waals surface area contributed by atoms with E-state index in [1.165, 1.54) is 5.56 Å². The molecule has 21 heavy (non-hydrogen) atoms. The number of likely N-dealkylation sites (N-methyl/N-ethyl adjacent to an activating group) is 1. The van der Waals surface area contributed by atoms with Crippen molar-refractivity contribution < 1.29 is 9.15 Å². The van der Waals surface area contributed by atoms with Crippen molar-refractivity contribution in [3.05, 3.63) is 53.5 Å². The lowest BCUT2D eigenvalue weighted by molar-refractivity contribution is 0.182. The van der Waals surface area contributed by atoms with Gasteiger partial charge in [0.1, 0.15) is 17.3 Å². The molecule has 2 rings (SSSR count). The van der Waals surface area contributed by atoms with Crippen molar-refractivity contribution in [2.24, 2.45) is 5.73 Å². The van der Waals surface area contributed by atoms with Gasteiger partial charge in [0, 0.05) is 12.6 Å². The van der Waals surface area contributed by atoms with Crippen molar-refractivity contribution in [3.8, 4) is 5.75 Å². The van der Waals surface area contributed by atoms with Crippen LogP contribution in [0.3, 0.4) is 0 Å². The maximum atomic E-state index is 6.16. The number of rotatable bonds is 6. The number of nitrogens with two attached hydrogens (primary N) is 1. The number of hydrogen-bond acceptors (Lipinski definition) is 4. The highest BCUT2D eigenvalue weighted by Gasteiger charge is 2.24. The molecule has 0 aliphatic rings. The minimum absolute atomic E-state index is 0.0150. The highest BCUT2D eigenvalue weighted by Crippen LogP contribution is 2.26. The van der Waals surface area contributed by atoms with Crippen LogP contribution < -0.4 is 10.5 Å². The third-order valence-corrected chi connectivity index (χ3v) is 3.62. The molecule has 1 aromatic heterocycles. The van der Waals surface area contributed by atoms with Gasteiger partial charge in [-0.1, -0.05) is 12.1 Å². The summed E-state index contributed by atoms with van der Waals surface area (Å²) in [6.45, 7) is 4.76. The van der Waals surface area contributed by atoms with Crippen molar-refractivity contribution in [2.45, 2.75) is 32.5 Å². The smallest absolute Gasteiger partial charge is 0.122 e. The van der Waals surface area contributed by atoms with E-state index in [1.54, 1.807) is 7.11 Å². The van der Waals surface area contributed by atoms with Crippen molar-refractivity contribution in [2.75, 3.05) is 14.2 Å². The highest BCUT2D eigenvalue weighted by molar-refractivity contribution is 5.27. The molecule has 0 spiro atoms. The molecule has 0 saturated carbocycles. The molecule has 0 radical (unpaired) electrons. The predicted molar refractivity (Wildman–Crippen MR) is 84.3 cm³/mol. The Balaban J connectivity index is 2.13. The lowest BCUT2D eigenvalue weighted by Crippen LogP contribution is -2.36. The molecule has 0 amide bonds. The van der Waals surface area contributed by atoms with Gasteiger partial charge in [-0.3, -0.25) is 4.90 Å². The van der Waals surface area contributed by atoms with Crippen LogP contribution in [0, 0.1) is 6.92 Å². The van der Waals surface area contributed by atoms with E-state index in [0.717, 1.165) is 23.8 Å². The number of aryl methyl sites for hydroxylation is 1. The van der Waals surface area contributed by atoms with Crippen LogP contribution in [0.2, 0.25) is 0 Å². The van der Waals surface area contributed by atoms with Gasteiger partial charge >= 0.3 is 0 Å². The summed E-state index contributed by atoms with van der Waals surface area (Å²) in [6, 6.07) is 12.1. The van der Waals surface area contributed by atoms with E-state index in [2.05, 4.69) is 24.1 Å². The number of furan rings is 1. The Kier molecular flexibility index (Phi) is 5.04. The molecule has 2 atom stereocenters. The minimum Gasteiger partial charge on any atom is -0.497 e. The van der Waals surface area contributed by atoms with Crippen molar-refractivity contribution in [3.63, 3.8) is 0 Å². The first-order chi connectivity index (χ1) is 10.0. The molecule has 114 valence electrons. The largest absolute Gasteiger partial charge is 0.497 e. The molecule has 4 nitrogen and oxygen atoms in total. The lowest BCUT2D eigenvalue weighted by Gasteiger charge is -2.29. The molecular formula is C17H24N2O2. The Morgan fingerprint density at radius 3 is 2.33 bits per heavy atom. The second-order valence-corrected chi connectivity index (χ2v) is 5.52. The predicted octanol–water partition coefficient (Wildman–Crippen LogP) is 3.12. The van der Waals surface area contributed by atoms with E-state index in [-0.39, 0.29) is 12.1 Å². The van der Waals surface area contributed by atoms with E-state index in [4.69, 9.17) is 14.9 Å². The molecule has 0 bridgehead atoms. The summed E-state index contributed by atoms with van der Waals surface area (Å²) < 4.78 is 10.9. The summed E-state index contributed by atoms with van der Waals surface area (Å²) >= 11 is 0. The van der Waals surface area contributed by atoms with Crippen molar-refractivity contribution in [1.29, 1.82) is 0 Å². The number of nitrogens with zero attached hydrogens (tertiary/aromatic N) is 1. The van der Waals surface area contributed by atoms with Gasteiger partial charge in [0.15, 0.2) is 0 Å². The Labute approximate surface area is 126 Å². The lowest BCUT2D eigenvalue weighted by atomic mass is 10.1. The highest BCUT2D eigenvalue weighted by atomic mass is 16.5. The fourth-order valence-electron chi connectivity index (χ4n) is 2.61. The fourth-order valence-corrected chi connectivity index (χ4v) is 2.61. The fraction of sp³-hybridized carbons (Fsp3) is 0.412. The third-order valence-electron chi connectivity index (χ3n) is 3.62.